The molecule has 94 valence electrons. The van der Waals surface area contributed by atoms with Crippen molar-refractivity contribution >= 4 is 10.9 Å². The third-order valence-corrected chi connectivity index (χ3v) is 2.69. The van der Waals surface area contributed by atoms with Crippen molar-refractivity contribution in [1.82, 2.24) is 19.9 Å². The number of benzene rings is 1. The second-order valence-electron chi connectivity index (χ2n) is 3.90. The number of hydrogen-bond acceptors (Lipinski definition) is 5. The Hall–Kier alpha value is -2.76. The molecule has 1 aromatic carbocycles. The van der Waals surface area contributed by atoms with Crippen LogP contribution in [0.5, 0.6) is 6.01 Å². The van der Waals surface area contributed by atoms with Crippen LogP contribution in [-0.2, 0) is 0 Å². The van der Waals surface area contributed by atoms with Crippen molar-refractivity contribution < 1.29 is 4.74 Å². The van der Waals surface area contributed by atoms with Crippen molar-refractivity contribution in [3.63, 3.8) is 0 Å². The minimum absolute atomic E-state index is 0.0415. The van der Waals surface area contributed by atoms with Crippen LogP contribution in [0.3, 0.4) is 0 Å². The number of aromatic amines is 1. The quantitative estimate of drug-likeness (QED) is 0.747. The predicted molar refractivity (Wildman–Crippen MR) is 69.9 cm³/mol. The van der Waals surface area contributed by atoms with E-state index < -0.39 is 5.69 Å². The van der Waals surface area contributed by atoms with Crippen LogP contribution < -0.4 is 10.4 Å². The Balaban J connectivity index is 2.18. The Morgan fingerprint density at radius 3 is 2.95 bits per heavy atom. The number of ether oxygens (including phenoxy) is 1. The molecule has 2 heterocycles. The molecule has 3 aromatic rings. The van der Waals surface area contributed by atoms with Gasteiger partial charge in [-0.2, -0.15) is 4.98 Å². The summed E-state index contributed by atoms with van der Waals surface area (Å²) in [4.78, 5) is 25.9. The van der Waals surface area contributed by atoms with Crippen molar-refractivity contribution in [2.24, 2.45) is 0 Å². The van der Waals surface area contributed by atoms with Gasteiger partial charge in [-0.25, -0.2) is 4.79 Å². The van der Waals surface area contributed by atoms with E-state index in [1.165, 1.54) is 7.11 Å². The van der Waals surface area contributed by atoms with Crippen LogP contribution in [0.4, 0.5) is 0 Å². The van der Waals surface area contributed by atoms with E-state index in [-0.39, 0.29) is 6.01 Å². The maximum atomic E-state index is 11.4. The Morgan fingerprint density at radius 2 is 2.11 bits per heavy atom. The predicted octanol–water partition coefficient (Wildman–Crippen LogP) is 1.39. The molecule has 0 fully saturated rings. The first-order valence-electron chi connectivity index (χ1n) is 5.64. The zero-order valence-electron chi connectivity index (χ0n) is 10.1. The highest BCUT2D eigenvalue weighted by Gasteiger charge is 2.06. The molecule has 1 N–H and O–H groups in total. The number of nitrogens with one attached hydrogen (secondary N) is 1. The molecule has 0 aliphatic rings. The molecule has 3 rings (SSSR count). The molecule has 0 amide bonds. The smallest absolute Gasteiger partial charge is 0.351 e. The van der Waals surface area contributed by atoms with Crippen molar-refractivity contribution in [2.45, 2.75) is 0 Å². The van der Waals surface area contributed by atoms with Gasteiger partial charge in [0.2, 0.25) is 0 Å². The fourth-order valence-corrected chi connectivity index (χ4v) is 1.81. The van der Waals surface area contributed by atoms with Gasteiger partial charge in [-0.1, -0.05) is 18.2 Å². The fourth-order valence-electron chi connectivity index (χ4n) is 1.81. The van der Waals surface area contributed by atoms with E-state index in [2.05, 4.69) is 19.9 Å². The van der Waals surface area contributed by atoms with Crippen LogP contribution in [0.2, 0.25) is 0 Å². The first kappa shape index (κ1) is 11.3. The minimum Gasteiger partial charge on any atom is -0.467 e. The number of rotatable bonds is 2. The molecule has 0 atom stereocenters. The van der Waals surface area contributed by atoms with Gasteiger partial charge in [0.15, 0.2) is 0 Å². The number of hydrogen-bond donors (Lipinski definition) is 1. The summed E-state index contributed by atoms with van der Waals surface area (Å²) in [6.07, 6.45) is 1.72. The second-order valence-corrected chi connectivity index (χ2v) is 3.90. The summed E-state index contributed by atoms with van der Waals surface area (Å²) in [5.74, 6) is 0.407. The highest BCUT2D eigenvalue weighted by atomic mass is 16.5. The Kier molecular flexibility index (Phi) is 2.68. The maximum Gasteiger partial charge on any atom is 0.351 e. The number of nitrogens with zero attached hydrogens (tertiary/aromatic N) is 3. The van der Waals surface area contributed by atoms with Crippen molar-refractivity contribution in [3.05, 3.63) is 47.0 Å². The van der Waals surface area contributed by atoms with Gasteiger partial charge in [0.05, 0.1) is 12.6 Å². The van der Waals surface area contributed by atoms with Gasteiger partial charge in [0.25, 0.3) is 0 Å². The van der Waals surface area contributed by atoms with E-state index in [1.807, 2.05) is 30.3 Å². The summed E-state index contributed by atoms with van der Waals surface area (Å²) in [6.45, 7) is 0. The first-order chi connectivity index (χ1) is 9.26. The summed E-state index contributed by atoms with van der Waals surface area (Å²) in [7, 11) is 1.42. The van der Waals surface area contributed by atoms with Crippen molar-refractivity contribution in [2.75, 3.05) is 7.11 Å². The lowest BCUT2D eigenvalue weighted by Gasteiger charge is -2.03. The van der Waals surface area contributed by atoms with E-state index in [4.69, 9.17) is 4.74 Å². The molecule has 0 saturated heterocycles. The van der Waals surface area contributed by atoms with Crippen molar-refractivity contribution in [1.29, 1.82) is 0 Å². The lowest BCUT2D eigenvalue weighted by Crippen LogP contribution is -2.14. The topological polar surface area (TPSA) is 80.8 Å². The average molecular weight is 254 g/mol. The molecule has 0 spiro atoms. The molecule has 2 aromatic heterocycles. The molecule has 6 nitrogen and oxygen atoms in total. The fraction of sp³-hybridized carbons (Fsp3) is 0.0769. The van der Waals surface area contributed by atoms with E-state index in [1.54, 1.807) is 6.20 Å². The summed E-state index contributed by atoms with van der Waals surface area (Å²) in [6, 6.07) is 9.52. The van der Waals surface area contributed by atoms with E-state index >= 15 is 0 Å². The van der Waals surface area contributed by atoms with Crippen LogP contribution in [0, 0.1) is 0 Å². The zero-order chi connectivity index (χ0) is 13.2. The van der Waals surface area contributed by atoms with Crippen LogP contribution in [0.15, 0.2) is 41.3 Å². The monoisotopic (exact) mass is 254 g/mol. The molecule has 19 heavy (non-hydrogen) atoms. The van der Waals surface area contributed by atoms with Crippen LogP contribution in [-0.4, -0.2) is 27.0 Å². The zero-order valence-corrected chi connectivity index (χ0v) is 10.1. The lowest BCUT2D eigenvalue weighted by molar-refractivity contribution is 0.377. The first-order valence-corrected chi connectivity index (χ1v) is 5.64. The molecule has 0 bridgehead atoms. The van der Waals surface area contributed by atoms with Gasteiger partial charge >= 0.3 is 11.7 Å². The molecule has 0 unspecified atom stereocenters. The summed E-state index contributed by atoms with van der Waals surface area (Å²) < 4.78 is 4.89. The molecular formula is C13H10N4O2. The number of fused-ring (bicyclic) bond motifs is 1. The molecule has 0 aliphatic heterocycles. The Bertz CT molecular complexity index is 798. The van der Waals surface area contributed by atoms with Gasteiger partial charge in [-0.3, -0.25) is 9.97 Å². The van der Waals surface area contributed by atoms with Gasteiger partial charge in [0, 0.05) is 17.1 Å². The second kappa shape index (κ2) is 4.49. The average Bonchev–Trinajstić information content (AvgIpc) is 2.46. The molecule has 0 saturated carbocycles. The Labute approximate surface area is 108 Å². The van der Waals surface area contributed by atoms with Gasteiger partial charge in [-0.15, -0.1) is 4.98 Å². The number of pyridine rings is 1. The van der Waals surface area contributed by atoms with Crippen LogP contribution in [0.25, 0.3) is 22.3 Å². The number of H-pyrrole nitrogens is 1. The van der Waals surface area contributed by atoms with Crippen molar-refractivity contribution in [3.8, 4) is 17.4 Å². The lowest BCUT2D eigenvalue weighted by atomic mass is 10.1. The molecule has 0 radical (unpaired) electrons. The number of methoxy groups -OCH3 is 1. The molecule has 0 aliphatic carbocycles. The summed E-state index contributed by atoms with van der Waals surface area (Å²) in [5, 5.41) is 1.02. The van der Waals surface area contributed by atoms with E-state index in [9.17, 15) is 4.79 Å². The minimum atomic E-state index is -0.497. The van der Waals surface area contributed by atoms with Gasteiger partial charge in [0.1, 0.15) is 5.82 Å². The number of aromatic nitrogens is 4. The highest BCUT2D eigenvalue weighted by Crippen LogP contribution is 2.20. The standard InChI is InChI=1S/C13H10N4O2/c1-19-13-16-11(15-12(18)17-13)9-5-4-8-3-2-6-14-10(8)7-9/h2-7H,1H3,(H,15,16,17,18). The van der Waals surface area contributed by atoms with Crippen LogP contribution in [0.1, 0.15) is 0 Å². The third-order valence-electron chi connectivity index (χ3n) is 2.69. The Morgan fingerprint density at radius 1 is 1.21 bits per heavy atom. The normalized spacial score (nSPS) is 10.6. The van der Waals surface area contributed by atoms with Gasteiger partial charge in [-0.05, 0) is 12.1 Å². The maximum absolute atomic E-state index is 11.4. The largest absolute Gasteiger partial charge is 0.467 e. The van der Waals surface area contributed by atoms with E-state index in [0.717, 1.165) is 16.5 Å². The third kappa shape index (κ3) is 2.15. The summed E-state index contributed by atoms with van der Waals surface area (Å²) >= 11 is 0. The van der Waals surface area contributed by atoms with E-state index in [0.29, 0.717) is 5.82 Å². The molecular weight excluding hydrogens is 244 g/mol. The molecule has 6 heteroatoms. The highest BCUT2D eigenvalue weighted by molar-refractivity contribution is 5.82. The summed E-state index contributed by atoms with van der Waals surface area (Å²) in [5.41, 5.74) is 1.09. The van der Waals surface area contributed by atoms with Crippen LogP contribution >= 0.6 is 0 Å². The SMILES string of the molecule is COc1nc(-c2ccc3cccnc3c2)[nH]c(=O)n1. The van der Waals surface area contributed by atoms with Gasteiger partial charge < -0.3 is 4.74 Å².